The van der Waals surface area contributed by atoms with Crippen LogP contribution in [-0.2, 0) is 18.4 Å². The summed E-state index contributed by atoms with van der Waals surface area (Å²) in [6.45, 7) is 4.46. The van der Waals surface area contributed by atoms with E-state index in [-0.39, 0.29) is 12.5 Å². The number of rotatable bonds is 25. The number of aliphatic hydroxyl groups is 1. The molecule has 0 radical (unpaired) electrons. The summed E-state index contributed by atoms with van der Waals surface area (Å²) in [4.78, 5) is 24.8. The second-order valence-corrected chi connectivity index (χ2v) is 12.5. The SMILES string of the molecule is CCCCC/C=C/CC/C=C/[C@@H](O)[C@H](COP(=O)([O-])OCC[N+](C)(C)C)NC(=O)CCCCCCCCC. The highest BCUT2D eigenvalue weighted by Crippen LogP contribution is 2.38. The third-order valence-electron chi connectivity index (χ3n) is 6.16. The highest BCUT2D eigenvalue weighted by Gasteiger charge is 2.23. The van der Waals surface area contributed by atoms with E-state index in [0.29, 0.717) is 17.4 Å². The van der Waals surface area contributed by atoms with Crippen LogP contribution < -0.4 is 10.2 Å². The molecule has 9 heteroatoms. The summed E-state index contributed by atoms with van der Waals surface area (Å²) in [6.07, 6.45) is 21.0. The quantitative estimate of drug-likeness (QED) is 0.0646. The molecule has 0 aliphatic carbocycles. The van der Waals surface area contributed by atoms with Gasteiger partial charge in [-0.2, -0.15) is 0 Å². The fourth-order valence-corrected chi connectivity index (χ4v) is 4.42. The number of carbonyl (C=O) groups excluding carboxylic acids is 1. The van der Waals surface area contributed by atoms with Crippen molar-refractivity contribution in [2.45, 2.75) is 116 Å². The second-order valence-electron chi connectivity index (χ2n) is 11.1. The number of likely N-dealkylation sites (N-methyl/N-ethyl adjacent to an activating group) is 1. The fourth-order valence-electron chi connectivity index (χ4n) is 3.69. The van der Waals surface area contributed by atoms with E-state index in [4.69, 9.17) is 9.05 Å². The molecule has 2 N–H and O–H groups in total. The zero-order valence-corrected chi connectivity index (χ0v) is 25.8. The summed E-state index contributed by atoms with van der Waals surface area (Å²) >= 11 is 0. The van der Waals surface area contributed by atoms with Gasteiger partial charge in [0, 0.05) is 6.42 Å². The van der Waals surface area contributed by atoms with Gasteiger partial charge in [-0.3, -0.25) is 9.36 Å². The largest absolute Gasteiger partial charge is 0.756 e. The van der Waals surface area contributed by atoms with Gasteiger partial charge in [-0.1, -0.05) is 89.5 Å². The highest BCUT2D eigenvalue weighted by molar-refractivity contribution is 7.45. The number of phosphoric ester groups is 1. The predicted molar refractivity (Wildman–Crippen MR) is 155 cm³/mol. The number of aliphatic hydroxyl groups excluding tert-OH is 1. The maximum absolute atomic E-state index is 12.5. The molecule has 0 fully saturated rings. The van der Waals surface area contributed by atoms with Crippen molar-refractivity contribution in [2.24, 2.45) is 0 Å². The molecule has 3 atom stereocenters. The standard InChI is InChI=1S/C29H57N2O6P/c1-6-8-10-12-14-15-17-18-20-22-28(32)27(26-37-38(34,35)36-25-24-31(3,4)5)30-29(33)23-21-19-16-13-11-9-7-2/h14-15,20,22,27-28,32H,6-13,16-19,21,23-26H2,1-5H3,(H-,30,33,34,35)/b15-14+,22-20+/t27-,28+/m0/s1. The molecular formula is C29H57N2O6P. The number of amides is 1. The zero-order chi connectivity index (χ0) is 28.7. The van der Waals surface area contributed by atoms with E-state index in [0.717, 1.165) is 38.5 Å². The van der Waals surface area contributed by atoms with Gasteiger partial charge in [0.25, 0.3) is 7.82 Å². The Morgan fingerprint density at radius 2 is 1.47 bits per heavy atom. The lowest BCUT2D eigenvalue weighted by Gasteiger charge is -2.29. The Balaban J connectivity index is 4.78. The highest BCUT2D eigenvalue weighted by atomic mass is 31.2. The van der Waals surface area contributed by atoms with Crippen molar-refractivity contribution in [3.05, 3.63) is 24.3 Å². The summed E-state index contributed by atoms with van der Waals surface area (Å²) < 4.78 is 22.8. The predicted octanol–water partition coefficient (Wildman–Crippen LogP) is 5.65. The molecule has 0 saturated heterocycles. The minimum atomic E-state index is -4.56. The minimum absolute atomic E-state index is 0.00597. The molecule has 8 nitrogen and oxygen atoms in total. The lowest BCUT2D eigenvalue weighted by molar-refractivity contribution is -0.870. The molecule has 0 aliphatic heterocycles. The first-order chi connectivity index (χ1) is 18.0. The van der Waals surface area contributed by atoms with E-state index in [2.05, 4.69) is 31.3 Å². The van der Waals surface area contributed by atoms with Crippen molar-refractivity contribution in [1.82, 2.24) is 5.32 Å². The van der Waals surface area contributed by atoms with E-state index >= 15 is 0 Å². The molecule has 1 unspecified atom stereocenters. The average Bonchev–Trinajstić information content (AvgIpc) is 2.84. The third kappa shape index (κ3) is 24.1. The van der Waals surface area contributed by atoms with Crippen LogP contribution in [0.4, 0.5) is 0 Å². The fraction of sp³-hybridized carbons (Fsp3) is 0.828. The lowest BCUT2D eigenvalue weighted by atomic mass is 10.1. The van der Waals surface area contributed by atoms with Crippen molar-refractivity contribution in [1.29, 1.82) is 0 Å². The Labute approximate surface area is 233 Å². The van der Waals surface area contributed by atoms with Crippen molar-refractivity contribution in [3.63, 3.8) is 0 Å². The summed E-state index contributed by atoms with van der Waals surface area (Å²) in [6, 6.07) is -0.892. The van der Waals surface area contributed by atoms with Crippen molar-refractivity contribution in [3.8, 4) is 0 Å². The number of quaternary nitrogens is 1. The molecule has 0 rings (SSSR count). The molecule has 0 aromatic carbocycles. The lowest BCUT2D eigenvalue weighted by Crippen LogP contribution is -2.45. The Morgan fingerprint density at radius 1 is 0.895 bits per heavy atom. The van der Waals surface area contributed by atoms with Gasteiger partial charge in [-0.25, -0.2) is 0 Å². The molecule has 0 aliphatic rings. The van der Waals surface area contributed by atoms with Crippen LogP contribution in [0.3, 0.4) is 0 Å². The van der Waals surface area contributed by atoms with Crippen LogP contribution in [0, 0.1) is 0 Å². The average molecular weight is 561 g/mol. The van der Waals surface area contributed by atoms with Crippen molar-refractivity contribution < 1.29 is 32.9 Å². The van der Waals surface area contributed by atoms with Gasteiger partial charge in [0.05, 0.1) is 39.9 Å². The number of hydrogen-bond acceptors (Lipinski definition) is 6. The van der Waals surface area contributed by atoms with Crippen molar-refractivity contribution >= 4 is 13.7 Å². The molecule has 0 saturated carbocycles. The second kappa shape index (κ2) is 22.8. The van der Waals surface area contributed by atoms with Gasteiger partial charge in [0.15, 0.2) is 0 Å². The Bertz CT molecular complexity index is 693. The van der Waals surface area contributed by atoms with Gasteiger partial charge in [0.1, 0.15) is 13.2 Å². The molecule has 0 bridgehead atoms. The summed E-state index contributed by atoms with van der Waals surface area (Å²) in [7, 11) is 1.23. The van der Waals surface area contributed by atoms with E-state index in [1.165, 1.54) is 44.9 Å². The van der Waals surface area contributed by atoms with Crippen LogP contribution >= 0.6 is 7.82 Å². The molecule has 224 valence electrons. The summed E-state index contributed by atoms with van der Waals surface area (Å²) in [5.74, 6) is -0.221. The normalized spacial score (nSPS) is 15.7. The van der Waals surface area contributed by atoms with Crippen LogP contribution in [0.5, 0.6) is 0 Å². The van der Waals surface area contributed by atoms with Gasteiger partial charge < -0.3 is 28.8 Å². The number of nitrogens with zero attached hydrogens (tertiary/aromatic N) is 1. The van der Waals surface area contributed by atoms with Gasteiger partial charge in [0.2, 0.25) is 5.91 Å². The number of nitrogens with one attached hydrogen (secondary N) is 1. The first-order valence-electron chi connectivity index (χ1n) is 14.7. The first-order valence-corrected chi connectivity index (χ1v) is 16.2. The van der Waals surface area contributed by atoms with E-state index in [1.54, 1.807) is 6.08 Å². The van der Waals surface area contributed by atoms with E-state index < -0.39 is 26.6 Å². The minimum Gasteiger partial charge on any atom is -0.756 e. The van der Waals surface area contributed by atoms with Gasteiger partial charge in [-0.15, -0.1) is 0 Å². The zero-order valence-electron chi connectivity index (χ0n) is 24.9. The topological polar surface area (TPSA) is 108 Å². The molecule has 0 heterocycles. The summed E-state index contributed by atoms with van der Waals surface area (Å²) in [5, 5.41) is 13.5. The Hall–Kier alpha value is -1.02. The molecule has 0 aromatic heterocycles. The number of phosphoric acid groups is 1. The molecule has 0 spiro atoms. The molecule has 38 heavy (non-hydrogen) atoms. The maximum atomic E-state index is 12.5. The first kappa shape index (κ1) is 37.0. The molecule has 0 aromatic rings. The number of unbranched alkanes of at least 4 members (excludes halogenated alkanes) is 10. The molecule has 1 amide bonds. The number of carbonyl (C=O) groups is 1. The van der Waals surface area contributed by atoms with E-state index in [9.17, 15) is 19.4 Å². The summed E-state index contributed by atoms with van der Waals surface area (Å²) in [5.41, 5.74) is 0. The maximum Gasteiger partial charge on any atom is 0.268 e. The van der Waals surface area contributed by atoms with Gasteiger partial charge in [-0.05, 0) is 32.1 Å². The third-order valence-corrected chi connectivity index (χ3v) is 7.13. The Morgan fingerprint density at radius 3 is 2.13 bits per heavy atom. The monoisotopic (exact) mass is 560 g/mol. The molecular weight excluding hydrogens is 503 g/mol. The number of hydrogen-bond donors (Lipinski definition) is 2. The number of allylic oxidation sites excluding steroid dienone is 3. The van der Waals surface area contributed by atoms with Crippen LogP contribution in [0.25, 0.3) is 0 Å². The van der Waals surface area contributed by atoms with Gasteiger partial charge >= 0.3 is 0 Å². The van der Waals surface area contributed by atoms with E-state index in [1.807, 2.05) is 27.2 Å². The van der Waals surface area contributed by atoms with Crippen molar-refractivity contribution in [2.75, 3.05) is 40.9 Å². The van der Waals surface area contributed by atoms with Crippen LogP contribution in [0.15, 0.2) is 24.3 Å². The van der Waals surface area contributed by atoms with Crippen LogP contribution in [0.2, 0.25) is 0 Å². The van der Waals surface area contributed by atoms with Crippen LogP contribution in [-0.4, -0.2) is 68.5 Å². The Kier molecular flexibility index (Phi) is 22.1. The van der Waals surface area contributed by atoms with Crippen LogP contribution in [0.1, 0.15) is 104 Å². The smallest absolute Gasteiger partial charge is 0.268 e.